The Morgan fingerprint density at radius 1 is 1.24 bits per heavy atom. The van der Waals surface area contributed by atoms with E-state index in [1.807, 2.05) is 35.7 Å². The zero-order chi connectivity index (χ0) is 20.9. The predicted molar refractivity (Wildman–Crippen MR) is 119 cm³/mol. The van der Waals surface area contributed by atoms with Gasteiger partial charge in [0.25, 0.3) is 5.91 Å². The summed E-state index contributed by atoms with van der Waals surface area (Å²) in [6.45, 7) is 2.35. The van der Waals surface area contributed by atoms with Gasteiger partial charge in [-0.25, -0.2) is 12.7 Å². The molecule has 0 spiro atoms. The number of amides is 1. The summed E-state index contributed by atoms with van der Waals surface area (Å²) in [5.74, 6) is 0.756. The molecule has 2 aromatic heterocycles. The van der Waals surface area contributed by atoms with E-state index in [9.17, 15) is 13.2 Å². The molecule has 6 nitrogen and oxygen atoms in total. The third-order valence-corrected chi connectivity index (χ3v) is 8.55. The average Bonchev–Trinajstić information content (AvgIpc) is 3.36. The Kier molecular flexibility index (Phi) is 7.39. The number of nitrogens with one attached hydrogen (secondary N) is 1. The van der Waals surface area contributed by atoms with Gasteiger partial charge < -0.3 is 9.73 Å². The van der Waals surface area contributed by atoms with Gasteiger partial charge in [0, 0.05) is 36.8 Å². The Bertz CT molecular complexity index is 1060. The second-order valence-electron chi connectivity index (χ2n) is 6.46. The van der Waals surface area contributed by atoms with Crippen molar-refractivity contribution in [1.82, 2.24) is 9.62 Å². The molecule has 0 fully saturated rings. The minimum atomic E-state index is -3.20. The molecule has 29 heavy (non-hydrogen) atoms. The summed E-state index contributed by atoms with van der Waals surface area (Å²) in [6.07, 6.45) is 0.529. The second-order valence-corrected chi connectivity index (χ2v) is 11.0. The molecule has 0 aliphatic carbocycles. The van der Waals surface area contributed by atoms with Crippen LogP contribution in [0.3, 0.4) is 0 Å². The molecule has 0 aliphatic rings. The number of rotatable bonds is 10. The maximum absolute atomic E-state index is 12.8. The van der Waals surface area contributed by atoms with Crippen molar-refractivity contribution >= 4 is 50.0 Å². The molecule has 156 valence electrons. The van der Waals surface area contributed by atoms with Gasteiger partial charge in [0.15, 0.2) is 5.76 Å². The number of thioether (sulfide) groups is 1. The number of para-hydroxylation sites is 1. The Labute approximate surface area is 179 Å². The highest BCUT2D eigenvalue weighted by atomic mass is 32.2. The van der Waals surface area contributed by atoms with Crippen molar-refractivity contribution in [3.8, 4) is 0 Å². The first-order chi connectivity index (χ1) is 13.9. The molecule has 0 atom stereocenters. The number of hydrogen-bond donors (Lipinski definition) is 1. The summed E-state index contributed by atoms with van der Waals surface area (Å²) in [5.41, 5.74) is 1.57. The number of carbonyl (C=O) groups excluding carboxylic acids is 1. The highest BCUT2D eigenvalue weighted by molar-refractivity contribution is 8.00. The van der Waals surface area contributed by atoms with Crippen LogP contribution >= 0.6 is 23.1 Å². The molecule has 3 rings (SSSR count). The third-order valence-electron chi connectivity index (χ3n) is 4.53. The molecule has 0 radical (unpaired) electrons. The van der Waals surface area contributed by atoms with Crippen LogP contribution in [0.15, 0.2) is 50.4 Å². The van der Waals surface area contributed by atoms with Crippen molar-refractivity contribution in [2.45, 2.75) is 23.3 Å². The Morgan fingerprint density at radius 2 is 2.03 bits per heavy atom. The normalized spacial score (nSPS) is 12.0. The zero-order valence-corrected chi connectivity index (χ0v) is 18.8. The van der Waals surface area contributed by atoms with Gasteiger partial charge in [-0.05, 0) is 30.9 Å². The minimum Gasteiger partial charge on any atom is -0.451 e. The van der Waals surface area contributed by atoms with Gasteiger partial charge in [0.05, 0.1) is 9.96 Å². The highest BCUT2D eigenvalue weighted by Gasteiger charge is 2.21. The molecule has 1 N–H and O–H groups in total. The van der Waals surface area contributed by atoms with Gasteiger partial charge in [-0.2, -0.15) is 0 Å². The van der Waals surface area contributed by atoms with Crippen LogP contribution < -0.4 is 5.32 Å². The van der Waals surface area contributed by atoms with Crippen LogP contribution in [0.4, 0.5) is 0 Å². The molecule has 2 heterocycles. The first kappa shape index (κ1) is 21.9. The fourth-order valence-electron chi connectivity index (χ4n) is 2.86. The molecule has 0 saturated carbocycles. The molecule has 3 aromatic rings. The van der Waals surface area contributed by atoms with Crippen molar-refractivity contribution < 1.29 is 17.6 Å². The molecule has 1 amide bonds. The first-order valence-electron chi connectivity index (χ1n) is 9.31. The number of thiophene rings is 1. The van der Waals surface area contributed by atoms with E-state index in [0.717, 1.165) is 10.9 Å². The van der Waals surface area contributed by atoms with Gasteiger partial charge in [-0.15, -0.1) is 23.1 Å². The number of carbonyl (C=O) groups is 1. The van der Waals surface area contributed by atoms with Crippen LogP contribution in [-0.2, 0) is 15.8 Å². The van der Waals surface area contributed by atoms with E-state index < -0.39 is 10.0 Å². The van der Waals surface area contributed by atoms with Crippen molar-refractivity contribution in [2.75, 3.05) is 25.9 Å². The molecule has 0 aliphatic heterocycles. The van der Waals surface area contributed by atoms with Gasteiger partial charge in [0.2, 0.25) is 10.0 Å². The lowest BCUT2D eigenvalue weighted by atomic mass is 10.1. The van der Waals surface area contributed by atoms with E-state index in [1.165, 1.54) is 8.51 Å². The van der Waals surface area contributed by atoms with Crippen LogP contribution in [0.2, 0.25) is 0 Å². The minimum absolute atomic E-state index is 0.0696. The topological polar surface area (TPSA) is 79.6 Å². The Morgan fingerprint density at radius 3 is 2.76 bits per heavy atom. The van der Waals surface area contributed by atoms with Crippen LogP contribution in [0.25, 0.3) is 11.0 Å². The van der Waals surface area contributed by atoms with E-state index >= 15 is 0 Å². The lowest BCUT2D eigenvalue weighted by Crippen LogP contribution is -2.32. The number of fused-ring (bicyclic) bond motifs is 1. The van der Waals surface area contributed by atoms with E-state index in [0.29, 0.717) is 36.6 Å². The molecule has 1 aromatic carbocycles. The summed E-state index contributed by atoms with van der Waals surface area (Å²) in [5, 5.41) is 5.82. The van der Waals surface area contributed by atoms with E-state index in [2.05, 4.69) is 11.4 Å². The number of furan rings is 1. The lowest BCUT2D eigenvalue weighted by Gasteiger charge is -2.15. The van der Waals surface area contributed by atoms with Crippen molar-refractivity contribution in [3.05, 3.63) is 53.1 Å². The SMILES string of the molecule is CCS(=O)(=O)N(C)CCCNC(=O)c1oc2ccccc2c1CSc1cccs1. The summed E-state index contributed by atoms with van der Waals surface area (Å²) in [4.78, 5) is 12.8. The second kappa shape index (κ2) is 9.80. The summed E-state index contributed by atoms with van der Waals surface area (Å²) < 4.78 is 31.9. The van der Waals surface area contributed by atoms with Crippen LogP contribution in [0.1, 0.15) is 29.5 Å². The van der Waals surface area contributed by atoms with E-state index in [-0.39, 0.29) is 11.7 Å². The summed E-state index contributed by atoms with van der Waals surface area (Å²) in [7, 11) is -1.65. The quantitative estimate of drug-likeness (QED) is 0.369. The molecule has 0 unspecified atom stereocenters. The van der Waals surface area contributed by atoms with Crippen molar-refractivity contribution in [1.29, 1.82) is 0 Å². The largest absolute Gasteiger partial charge is 0.451 e. The van der Waals surface area contributed by atoms with Gasteiger partial charge in [-0.1, -0.05) is 24.3 Å². The van der Waals surface area contributed by atoms with E-state index in [1.54, 1.807) is 37.1 Å². The van der Waals surface area contributed by atoms with Crippen LogP contribution in [-0.4, -0.2) is 44.5 Å². The van der Waals surface area contributed by atoms with Crippen molar-refractivity contribution in [2.24, 2.45) is 0 Å². The van der Waals surface area contributed by atoms with Crippen molar-refractivity contribution in [3.63, 3.8) is 0 Å². The van der Waals surface area contributed by atoms with Crippen LogP contribution in [0, 0.1) is 0 Å². The number of hydrogen-bond acceptors (Lipinski definition) is 6. The zero-order valence-electron chi connectivity index (χ0n) is 16.4. The number of nitrogens with zero attached hydrogens (tertiary/aromatic N) is 1. The van der Waals surface area contributed by atoms with E-state index in [4.69, 9.17) is 4.42 Å². The third kappa shape index (κ3) is 5.42. The highest BCUT2D eigenvalue weighted by Crippen LogP contribution is 2.33. The average molecular weight is 453 g/mol. The summed E-state index contributed by atoms with van der Waals surface area (Å²) in [6, 6.07) is 11.7. The molecule has 9 heteroatoms. The summed E-state index contributed by atoms with van der Waals surface area (Å²) >= 11 is 3.34. The fraction of sp³-hybridized carbons (Fsp3) is 0.350. The standard InChI is InChI=1S/C20H24N2O4S3/c1-3-29(24,25)22(2)12-7-11-21-20(23)19-16(14-28-18-10-6-13-27-18)15-8-4-5-9-17(15)26-19/h4-6,8-10,13H,3,7,11-12,14H2,1-2H3,(H,21,23). The fourth-order valence-corrected chi connectivity index (χ4v) is 5.52. The Hall–Kier alpha value is -1.81. The molecule has 0 bridgehead atoms. The maximum atomic E-state index is 12.8. The van der Waals surface area contributed by atoms with Gasteiger partial charge in [-0.3, -0.25) is 4.79 Å². The Balaban J connectivity index is 1.66. The maximum Gasteiger partial charge on any atom is 0.287 e. The number of benzene rings is 1. The lowest BCUT2D eigenvalue weighted by molar-refractivity contribution is 0.0926. The first-order valence-corrected chi connectivity index (χ1v) is 12.8. The smallest absolute Gasteiger partial charge is 0.287 e. The monoisotopic (exact) mass is 452 g/mol. The number of sulfonamides is 1. The predicted octanol–water partition coefficient (Wildman–Crippen LogP) is 4.19. The van der Waals surface area contributed by atoms with Gasteiger partial charge in [0.1, 0.15) is 5.58 Å². The van der Waals surface area contributed by atoms with Gasteiger partial charge >= 0.3 is 0 Å². The molecular formula is C20H24N2O4S3. The molecule has 0 saturated heterocycles. The van der Waals surface area contributed by atoms with Crippen LogP contribution in [0.5, 0.6) is 0 Å². The molecular weight excluding hydrogens is 428 g/mol.